The highest BCUT2D eigenvalue weighted by atomic mass is 19.1. The summed E-state index contributed by atoms with van der Waals surface area (Å²) >= 11 is 0. The third kappa shape index (κ3) is 3.68. The number of fused-ring (bicyclic) bond motifs is 1. The molecule has 1 aliphatic rings. The van der Waals surface area contributed by atoms with Crippen molar-refractivity contribution in [1.29, 1.82) is 0 Å². The summed E-state index contributed by atoms with van der Waals surface area (Å²) in [6.45, 7) is 2.95. The first-order chi connectivity index (χ1) is 9.22. The van der Waals surface area contributed by atoms with Crippen molar-refractivity contribution < 1.29 is 8.78 Å². The fourth-order valence-corrected chi connectivity index (χ4v) is 2.87. The normalized spacial score (nSPS) is 17.3. The van der Waals surface area contributed by atoms with Gasteiger partial charge in [0, 0.05) is 18.5 Å². The quantitative estimate of drug-likeness (QED) is 0.667. The molecule has 0 aromatic heterocycles. The molecule has 1 aromatic rings. The van der Waals surface area contributed by atoms with Crippen molar-refractivity contribution in [1.82, 2.24) is 0 Å². The Morgan fingerprint density at radius 3 is 2.63 bits per heavy atom. The molecule has 1 N–H and O–H groups in total. The van der Waals surface area contributed by atoms with Gasteiger partial charge in [-0.3, -0.25) is 0 Å². The fraction of sp³-hybridized carbons (Fsp3) is 0.625. The fourth-order valence-electron chi connectivity index (χ4n) is 2.87. The molecular weight excluding hydrogens is 244 g/mol. The lowest BCUT2D eigenvalue weighted by atomic mass is 9.94. The van der Waals surface area contributed by atoms with E-state index < -0.39 is 11.6 Å². The molecule has 1 aliphatic heterocycles. The molecule has 1 aromatic carbocycles. The van der Waals surface area contributed by atoms with Crippen molar-refractivity contribution in [2.75, 3.05) is 11.9 Å². The molecule has 0 aliphatic carbocycles. The molecular formula is C16H23F2N. The van der Waals surface area contributed by atoms with E-state index in [-0.39, 0.29) is 5.92 Å². The zero-order chi connectivity index (χ0) is 13.7. The van der Waals surface area contributed by atoms with Crippen LogP contribution in [0.3, 0.4) is 0 Å². The van der Waals surface area contributed by atoms with Crippen molar-refractivity contribution in [3.8, 4) is 0 Å². The van der Waals surface area contributed by atoms with E-state index in [1.807, 2.05) is 0 Å². The third-order valence-corrected chi connectivity index (χ3v) is 3.96. The number of hydrogen-bond donors (Lipinski definition) is 1. The van der Waals surface area contributed by atoms with E-state index >= 15 is 0 Å². The Morgan fingerprint density at radius 2 is 1.84 bits per heavy atom. The molecule has 1 unspecified atom stereocenters. The molecule has 106 valence electrons. The Balaban J connectivity index is 1.82. The first kappa shape index (κ1) is 14.3. The van der Waals surface area contributed by atoms with Gasteiger partial charge in [-0.05, 0) is 18.1 Å². The number of hydrogen-bond acceptors (Lipinski definition) is 1. The highest BCUT2D eigenvalue weighted by Gasteiger charge is 2.25. The van der Waals surface area contributed by atoms with Gasteiger partial charge in [-0.25, -0.2) is 8.78 Å². The van der Waals surface area contributed by atoms with Crippen LogP contribution in [0.15, 0.2) is 12.1 Å². The zero-order valence-electron chi connectivity index (χ0n) is 11.6. The maximum Gasteiger partial charge on any atom is 0.149 e. The van der Waals surface area contributed by atoms with Crippen LogP contribution in [0.5, 0.6) is 0 Å². The summed E-state index contributed by atoms with van der Waals surface area (Å²) < 4.78 is 26.8. The number of benzene rings is 1. The molecule has 0 radical (unpaired) electrons. The molecule has 2 rings (SSSR count). The van der Waals surface area contributed by atoms with Gasteiger partial charge in [0.1, 0.15) is 11.6 Å². The largest absolute Gasteiger partial charge is 0.382 e. The van der Waals surface area contributed by atoms with Gasteiger partial charge in [0.2, 0.25) is 0 Å². The lowest BCUT2D eigenvalue weighted by Crippen LogP contribution is -2.01. The summed E-state index contributed by atoms with van der Waals surface area (Å²) in [5.74, 6) is -0.653. The minimum absolute atomic E-state index is 0.270. The Bertz CT molecular complexity index is 417. The molecule has 0 spiro atoms. The van der Waals surface area contributed by atoms with Crippen LogP contribution >= 0.6 is 0 Å². The summed E-state index contributed by atoms with van der Waals surface area (Å²) in [4.78, 5) is 0. The van der Waals surface area contributed by atoms with Crippen molar-refractivity contribution >= 4 is 5.69 Å². The van der Waals surface area contributed by atoms with Crippen LogP contribution in [0, 0.1) is 11.6 Å². The summed E-state index contributed by atoms with van der Waals surface area (Å²) in [6, 6.07) is 2.44. The predicted molar refractivity (Wildman–Crippen MR) is 75.6 cm³/mol. The van der Waals surface area contributed by atoms with Gasteiger partial charge < -0.3 is 5.32 Å². The van der Waals surface area contributed by atoms with Gasteiger partial charge in [-0.1, -0.05) is 45.4 Å². The van der Waals surface area contributed by atoms with Crippen LogP contribution in [0.2, 0.25) is 0 Å². The third-order valence-electron chi connectivity index (χ3n) is 3.96. The van der Waals surface area contributed by atoms with Crippen LogP contribution in [-0.2, 0) is 0 Å². The lowest BCUT2D eigenvalue weighted by molar-refractivity contribution is 0.551. The average molecular weight is 267 g/mol. The Morgan fingerprint density at radius 1 is 1.11 bits per heavy atom. The van der Waals surface area contributed by atoms with E-state index in [4.69, 9.17) is 0 Å². The van der Waals surface area contributed by atoms with Crippen LogP contribution in [-0.4, -0.2) is 6.54 Å². The molecule has 1 nitrogen and oxygen atoms in total. The molecule has 0 saturated carbocycles. The standard InChI is InChI=1S/C16H23F2N/c1-2-3-4-5-6-7-8-12-11-19-16-14(12)9-13(17)10-15(16)18/h9-10,12,19H,2-8,11H2,1H3. The molecule has 0 amide bonds. The average Bonchev–Trinajstić information content (AvgIpc) is 2.77. The highest BCUT2D eigenvalue weighted by molar-refractivity contribution is 5.58. The van der Waals surface area contributed by atoms with Gasteiger partial charge in [-0.2, -0.15) is 0 Å². The first-order valence-corrected chi connectivity index (χ1v) is 7.45. The molecule has 1 heterocycles. The molecule has 19 heavy (non-hydrogen) atoms. The zero-order valence-corrected chi connectivity index (χ0v) is 11.6. The first-order valence-electron chi connectivity index (χ1n) is 7.45. The van der Waals surface area contributed by atoms with Gasteiger partial charge in [-0.15, -0.1) is 0 Å². The molecule has 0 saturated heterocycles. The number of rotatable bonds is 7. The van der Waals surface area contributed by atoms with Crippen molar-refractivity contribution in [3.05, 3.63) is 29.3 Å². The smallest absolute Gasteiger partial charge is 0.149 e. The minimum Gasteiger partial charge on any atom is -0.382 e. The minimum atomic E-state index is -0.465. The Labute approximate surface area is 114 Å². The van der Waals surface area contributed by atoms with E-state index in [0.717, 1.165) is 31.0 Å². The number of unbranched alkanes of at least 4 members (excludes halogenated alkanes) is 5. The summed E-state index contributed by atoms with van der Waals surface area (Å²) in [5.41, 5.74) is 1.34. The van der Waals surface area contributed by atoms with E-state index in [9.17, 15) is 8.78 Å². The summed E-state index contributed by atoms with van der Waals surface area (Å²) in [5, 5.41) is 3.07. The number of halogens is 2. The molecule has 1 atom stereocenters. The van der Waals surface area contributed by atoms with E-state index in [0.29, 0.717) is 5.69 Å². The van der Waals surface area contributed by atoms with Gasteiger partial charge in [0.15, 0.2) is 0 Å². The maximum atomic E-state index is 13.6. The summed E-state index contributed by atoms with van der Waals surface area (Å²) in [7, 11) is 0. The van der Waals surface area contributed by atoms with Gasteiger partial charge >= 0.3 is 0 Å². The van der Waals surface area contributed by atoms with Crippen LogP contribution < -0.4 is 5.32 Å². The highest BCUT2D eigenvalue weighted by Crippen LogP contribution is 2.37. The molecule has 3 heteroatoms. The van der Waals surface area contributed by atoms with E-state index in [1.165, 1.54) is 38.2 Å². The van der Waals surface area contributed by atoms with Crippen molar-refractivity contribution in [2.24, 2.45) is 0 Å². The topological polar surface area (TPSA) is 12.0 Å². The van der Waals surface area contributed by atoms with E-state index in [2.05, 4.69) is 12.2 Å². The summed E-state index contributed by atoms with van der Waals surface area (Å²) in [6.07, 6.45) is 8.55. The monoisotopic (exact) mass is 267 g/mol. The Kier molecular flexibility index (Phi) is 5.17. The SMILES string of the molecule is CCCCCCCCC1CNc2c(F)cc(F)cc21. The Hall–Kier alpha value is -1.12. The van der Waals surface area contributed by atoms with Crippen molar-refractivity contribution in [2.45, 2.75) is 57.8 Å². The second-order valence-electron chi connectivity index (χ2n) is 5.49. The molecule has 0 fully saturated rings. The predicted octanol–water partition coefficient (Wildman–Crippen LogP) is 5.22. The maximum absolute atomic E-state index is 13.6. The van der Waals surface area contributed by atoms with E-state index in [1.54, 1.807) is 0 Å². The second-order valence-corrected chi connectivity index (χ2v) is 5.49. The second kappa shape index (κ2) is 6.88. The van der Waals surface area contributed by atoms with Crippen LogP contribution in [0.4, 0.5) is 14.5 Å². The van der Waals surface area contributed by atoms with Crippen LogP contribution in [0.1, 0.15) is 63.4 Å². The molecule has 0 bridgehead atoms. The van der Waals surface area contributed by atoms with Gasteiger partial charge in [0.05, 0.1) is 5.69 Å². The number of anilines is 1. The lowest BCUT2D eigenvalue weighted by Gasteiger charge is -2.10. The number of nitrogens with one attached hydrogen (secondary N) is 1. The van der Waals surface area contributed by atoms with Crippen LogP contribution in [0.25, 0.3) is 0 Å². The van der Waals surface area contributed by atoms with Crippen molar-refractivity contribution in [3.63, 3.8) is 0 Å². The van der Waals surface area contributed by atoms with Gasteiger partial charge in [0.25, 0.3) is 0 Å².